The standard InChI is InChI=1S/C28H32N8O3/c1-17-30-21-13-19(34-10-11-36-23(15-34)31-32-24(36)16-39-5)6-7-20(21)26(37)35(17)9-8-18-12-22-25(29-14-18)28(2,3)27(38)33(22)4/h6-7,12-14H,8-11,15-16H2,1-5H3. The number of carbonyl (C=O) groups is 1. The first-order valence-electron chi connectivity index (χ1n) is 13.1. The quantitative estimate of drug-likeness (QED) is 0.375. The molecule has 0 bridgehead atoms. The van der Waals surface area contributed by atoms with Gasteiger partial charge in [-0.15, -0.1) is 10.2 Å². The van der Waals surface area contributed by atoms with Crippen molar-refractivity contribution in [1.82, 2.24) is 29.3 Å². The first kappa shape index (κ1) is 25.2. The molecule has 3 aromatic heterocycles. The normalized spacial score (nSPS) is 16.2. The lowest BCUT2D eigenvalue weighted by Crippen LogP contribution is -2.34. The number of carbonyl (C=O) groups excluding carboxylic acids is 1. The lowest BCUT2D eigenvalue weighted by Gasteiger charge is -2.29. The van der Waals surface area contributed by atoms with Crippen molar-refractivity contribution in [3.05, 3.63) is 69.5 Å². The van der Waals surface area contributed by atoms with Crippen LogP contribution < -0.4 is 15.4 Å². The van der Waals surface area contributed by atoms with Crippen LogP contribution in [-0.2, 0) is 47.6 Å². The van der Waals surface area contributed by atoms with Gasteiger partial charge in [0, 0.05) is 45.7 Å². The lowest BCUT2D eigenvalue weighted by atomic mass is 9.90. The van der Waals surface area contributed by atoms with E-state index in [2.05, 4.69) is 24.6 Å². The fourth-order valence-corrected chi connectivity index (χ4v) is 5.69. The van der Waals surface area contributed by atoms with Crippen LogP contribution in [0.5, 0.6) is 0 Å². The van der Waals surface area contributed by atoms with Crippen molar-refractivity contribution in [2.75, 3.05) is 30.5 Å². The molecular formula is C28H32N8O3. The fourth-order valence-electron chi connectivity index (χ4n) is 5.69. The minimum atomic E-state index is -0.629. The summed E-state index contributed by atoms with van der Waals surface area (Å²) in [7, 11) is 3.44. The van der Waals surface area contributed by atoms with Gasteiger partial charge in [0.2, 0.25) is 5.91 Å². The van der Waals surface area contributed by atoms with E-state index < -0.39 is 5.41 Å². The molecule has 2 aliphatic heterocycles. The molecule has 0 saturated carbocycles. The molecule has 11 nitrogen and oxygen atoms in total. The van der Waals surface area contributed by atoms with Gasteiger partial charge in [-0.25, -0.2) is 4.98 Å². The van der Waals surface area contributed by atoms with Crippen molar-refractivity contribution in [3.8, 4) is 0 Å². The van der Waals surface area contributed by atoms with Crippen molar-refractivity contribution in [2.45, 2.75) is 58.8 Å². The Balaban J connectivity index is 1.23. The van der Waals surface area contributed by atoms with Gasteiger partial charge >= 0.3 is 0 Å². The van der Waals surface area contributed by atoms with Gasteiger partial charge in [-0.05, 0) is 57.0 Å². The largest absolute Gasteiger partial charge is 0.377 e. The Bertz CT molecular complexity index is 1670. The van der Waals surface area contributed by atoms with Gasteiger partial charge in [0.15, 0.2) is 11.6 Å². The number of aromatic nitrogens is 6. The molecule has 202 valence electrons. The number of ether oxygens (including phenoxy) is 1. The highest BCUT2D eigenvalue weighted by Crippen LogP contribution is 2.39. The summed E-state index contributed by atoms with van der Waals surface area (Å²) in [6, 6.07) is 7.83. The number of rotatable bonds is 6. The number of aryl methyl sites for hydroxylation is 2. The molecule has 1 aromatic carbocycles. The van der Waals surface area contributed by atoms with Gasteiger partial charge < -0.3 is 19.1 Å². The average Bonchev–Trinajstić information content (AvgIpc) is 3.40. The Kier molecular flexibility index (Phi) is 5.98. The van der Waals surface area contributed by atoms with E-state index in [4.69, 9.17) is 9.72 Å². The number of anilines is 2. The van der Waals surface area contributed by atoms with E-state index in [-0.39, 0.29) is 11.5 Å². The summed E-state index contributed by atoms with van der Waals surface area (Å²) in [5.74, 6) is 2.43. The van der Waals surface area contributed by atoms with Crippen LogP contribution in [-0.4, -0.2) is 55.9 Å². The summed E-state index contributed by atoms with van der Waals surface area (Å²) in [6.45, 7) is 8.78. The van der Waals surface area contributed by atoms with Gasteiger partial charge in [0.25, 0.3) is 5.56 Å². The zero-order chi connectivity index (χ0) is 27.5. The van der Waals surface area contributed by atoms with Crippen molar-refractivity contribution >= 4 is 28.2 Å². The zero-order valence-corrected chi connectivity index (χ0v) is 22.9. The maximum Gasteiger partial charge on any atom is 0.261 e. The van der Waals surface area contributed by atoms with E-state index in [1.165, 1.54) is 0 Å². The van der Waals surface area contributed by atoms with Gasteiger partial charge in [-0.2, -0.15) is 0 Å². The van der Waals surface area contributed by atoms with Crippen molar-refractivity contribution < 1.29 is 9.53 Å². The maximum absolute atomic E-state index is 13.5. The van der Waals surface area contributed by atoms with Crippen LogP contribution in [0, 0.1) is 6.92 Å². The molecule has 39 heavy (non-hydrogen) atoms. The van der Waals surface area contributed by atoms with Crippen LogP contribution in [0.4, 0.5) is 11.4 Å². The summed E-state index contributed by atoms with van der Waals surface area (Å²) in [4.78, 5) is 39.4. The molecule has 0 N–H and O–H groups in total. The molecule has 11 heteroatoms. The highest BCUT2D eigenvalue weighted by molar-refractivity contribution is 6.06. The lowest BCUT2D eigenvalue weighted by molar-refractivity contribution is -0.121. The third-order valence-electron chi connectivity index (χ3n) is 7.94. The number of pyridine rings is 1. The van der Waals surface area contributed by atoms with E-state index in [9.17, 15) is 9.59 Å². The molecule has 0 atom stereocenters. The van der Waals surface area contributed by atoms with Crippen molar-refractivity contribution in [1.29, 1.82) is 0 Å². The molecule has 2 aliphatic rings. The number of benzene rings is 1. The Morgan fingerprint density at radius 1 is 1.10 bits per heavy atom. The Morgan fingerprint density at radius 2 is 1.92 bits per heavy atom. The second-order valence-electron chi connectivity index (χ2n) is 10.8. The molecule has 0 fully saturated rings. The Labute approximate surface area is 226 Å². The maximum atomic E-state index is 13.5. The van der Waals surface area contributed by atoms with Gasteiger partial charge in [0.1, 0.15) is 12.4 Å². The first-order chi connectivity index (χ1) is 18.7. The minimum absolute atomic E-state index is 0.0367. The predicted molar refractivity (Wildman–Crippen MR) is 147 cm³/mol. The van der Waals surface area contributed by atoms with Crippen LogP contribution in [0.3, 0.4) is 0 Å². The molecular weight excluding hydrogens is 496 g/mol. The SMILES string of the molecule is COCc1nnc2n1CCN(c1ccc3c(=O)n(CCc4cnc5c(c4)N(C)C(=O)C5(C)C)c(C)nc3c1)C2. The Hall–Kier alpha value is -4.12. The molecule has 0 saturated heterocycles. The summed E-state index contributed by atoms with van der Waals surface area (Å²) in [5, 5.41) is 9.17. The smallest absolute Gasteiger partial charge is 0.261 e. The van der Waals surface area contributed by atoms with Crippen LogP contribution in [0.1, 0.15) is 42.6 Å². The number of likely N-dealkylation sites (N-methyl/N-ethyl adjacent to an activating group) is 1. The fraction of sp³-hybridized carbons (Fsp3) is 0.429. The molecule has 1 amide bonds. The second-order valence-corrected chi connectivity index (χ2v) is 10.8. The van der Waals surface area contributed by atoms with E-state index in [0.29, 0.717) is 42.8 Å². The summed E-state index contributed by atoms with van der Waals surface area (Å²) in [5.41, 5.74) is 3.59. The van der Waals surface area contributed by atoms with Gasteiger partial charge in [-0.3, -0.25) is 19.1 Å². The van der Waals surface area contributed by atoms with E-state index in [1.807, 2.05) is 51.2 Å². The van der Waals surface area contributed by atoms with Crippen LogP contribution in [0.25, 0.3) is 10.9 Å². The minimum Gasteiger partial charge on any atom is -0.377 e. The zero-order valence-electron chi connectivity index (χ0n) is 22.9. The summed E-state index contributed by atoms with van der Waals surface area (Å²) >= 11 is 0. The second kappa shape index (κ2) is 9.26. The molecule has 5 heterocycles. The van der Waals surface area contributed by atoms with Crippen LogP contribution >= 0.6 is 0 Å². The number of hydrogen-bond donors (Lipinski definition) is 0. The third-order valence-corrected chi connectivity index (χ3v) is 7.94. The molecule has 0 spiro atoms. The van der Waals surface area contributed by atoms with Gasteiger partial charge in [-0.1, -0.05) is 0 Å². The number of hydrogen-bond acceptors (Lipinski definition) is 8. The van der Waals surface area contributed by atoms with Crippen molar-refractivity contribution in [3.63, 3.8) is 0 Å². The van der Waals surface area contributed by atoms with E-state index in [1.54, 1.807) is 23.6 Å². The molecule has 4 aromatic rings. The number of amides is 1. The van der Waals surface area contributed by atoms with E-state index in [0.717, 1.165) is 47.4 Å². The van der Waals surface area contributed by atoms with Crippen molar-refractivity contribution in [2.24, 2.45) is 0 Å². The predicted octanol–water partition coefficient (Wildman–Crippen LogP) is 2.35. The van der Waals surface area contributed by atoms with Crippen LogP contribution in [0.15, 0.2) is 35.3 Å². The average molecular weight is 529 g/mol. The summed E-state index contributed by atoms with van der Waals surface area (Å²) in [6.07, 6.45) is 2.42. The number of methoxy groups -OCH3 is 1. The molecule has 6 rings (SSSR count). The van der Waals surface area contributed by atoms with Crippen LogP contribution in [0.2, 0.25) is 0 Å². The van der Waals surface area contributed by atoms with E-state index >= 15 is 0 Å². The number of fused-ring (bicyclic) bond motifs is 3. The van der Waals surface area contributed by atoms with Gasteiger partial charge in [0.05, 0.1) is 34.2 Å². The third kappa shape index (κ3) is 4.08. The highest BCUT2D eigenvalue weighted by Gasteiger charge is 2.43. The summed E-state index contributed by atoms with van der Waals surface area (Å²) < 4.78 is 9.05. The number of nitrogens with zero attached hydrogens (tertiary/aromatic N) is 8. The Morgan fingerprint density at radius 3 is 2.72 bits per heavy atom. The first-order valence-corrected chi connectivity index (χ1v) is 13.1. The molecule has 0 radical (unpaired) electrons. The highest BCUT2D eigenvalue weighted by atomic mass is 16.5. The monoisotopic (exact) mass is 528 g/mol. The molecule has 0 unspecified atom stereocenters. The molecule has 0 aliphatic carbocycles. The topological polar surface area (TPSA) is 111 Å².